The van der Waals surface area contributed by atoms with Crippen molar-refractivity contribution >= 4 is 11.9 Å². The molecule has 126 valence electrons. The van der Waals surface area contributed by atoms with Crippen molar-refractivity contribution in [3.05, 3.63) is 23.8 Å². The number of fused-ring (bicyclic) bond motifs is 1. The normalized spacial score (nSPS) is 12.7. The molecule has 0 radical (unpaired) electrons. The summed E-state index contributed by atoms with van der Waals surface area (Å²) in [5, 5.41) is 5.58. The molecule has 0 fully saturated rings. The van der Waals surface area contributed by atoms with Crippen LogP contribution in [0.15, 0.2) is 18.2 Å². The van der Waals surface area contributed by atoms with Crippen LogP contribution >= 0.6 is 0 Å². The number of carbonyl (C=O) groups is 2. The fourth-order valence-electron chi connectivity index (χ4n) is 2.11. The van der Waals surface area contributed by atoms with E-state index in [0.29, 0.717) is 18.0 Å². The van der Waals surface area contributed by atoms with Crippen molar-refractivity contribution in [2.75, 3.05) is 20.4 Å². The number of hydrogen-bond donors (Lipinski definition) is 2. The number of amides is 3. The molecule has 2 N–H and O–H groups in total. The summed E-state index contributed by atoms with van der Waals surface area (Å²) in [5.41, 5.74) is 0.580. The minimum atomic E-state index is -0.319. The second-order valence-electron chi connectivity index (χ2n) is 6.50. The summed E-state index contributed by atoms with van der Waals surface area (Å²) in [6, 6.07) is 5.19. The Morgan fingerprint density at radius 2 is 1.91 bits per heavy atom. The summed E-state index contributed by atoms with van der Waals surface area (Å²) in [6.07, 6.45) is 0. The molecule has 0 atom stereocenters. The van der Waals surface area contributed by atoms with Crippen LogP contribution in [0.5, 0.6) is 11.5 Å². The highest BCUT2D eigenvalue weighted by molar-refractivity contribution is 5.84. The van der Waals surface area contributed by atoms with E-state index in [9.17, 15) is 9.59 Å². The molecule has 0 saturated carbocycles. The highest BCUT2D eigenvalue weighted by atomic mass is 16.7. The fraction of sp³-hybridized carbons (Fsp3) is 0.500. The van der Waals surface area contributed by atoms with Gasteiger partial charge >= 0.3 is 6.03 Å². The monoisotopic (exact) mass is 321 g/mol. The topological polar surface area (TPSA) is 79.9 Å². The summed E-state index contributed by atoms with van der Waals surface area (Å²) in [4.78, 5) is 25.2. The first kappa shape index (κ1) is 16.9. The Bertz CT molecular complexity index is 595. The lowest BCUT2D eigenvalue weighted by atomic mass is 10.1. The molecule has 0 saturated heterocycles. The highest BCUT2D eigenvalue weighted by Crippen LogP contribution is 2.32. The van der Waals surface area contributed by atoms with Gasteiger partial charge in [0.05, 0.1) is 0 Å². The minimum Gasteiger partial charge on any atom is -0.454 e. The zero-order valence-corrected chi connectivity index (χ0v) is 13.9. The van der Waals surface area contributed by atoms with E-state index in [1.807, 2.05) is 39.0 Å². The third-order valence-corrected chi connectivity index (χ3v) is 3.12. The maximum atomic E-state index is 12.0. The van der Waals surface area contributed by atoms with Gasteiger partial charge in [-0.25, -0.2) is 4.79 Å². The average molecular weight is 321 g/mol. The van der Waals surface area contributed by atoms with Crippen molar-refractivity contribution in [2.24, 2.45) is 0 Å². The van der Waals surface area contributed by atoms with Crippen LogP contribution in [-0.2, 0) is 11.3 Å². The lowest BCUT2D eigenvalue weighted by molar-refractivity contribution is -0.122. The number of ether oxygens (including phenoxy) is 2. The zero-order valence-electron chi connectivity index (χ0n) is 13.9. The zero-order chi connectivity index (χ0) is 17.0. The molecule has 1 aromatic rings. The lowest BCUT2D eigenvalue weighted by Crippen LogP contribution is -2.48. The molecule has 0 spiro atoms. The number of nitrogens with zero attached hydrogens (tertiary/aromatic N) is 1. The second kappa shape index (κ2) is 6.76. The van der Waals surface area contributed by atoms with Gasteiger partial charge in [-0.15, -0.1) is 0 Å². The van der Waals surface area contributed by atoms with E-state index in [1.54, 1.807) is 7.05 Å². The van der Waals surface area contributed by atoms with E-state index < -0.39 is 0 Å². The summed E-state index contributed by atoms with van der Waals surface area (Å²) >= 11 is 0. The molecular weight excluding hydrogens is 298 g/mol. The summed E-state index contributed by atoms with van der Waals surface area (Å²) < 4.78 is 10.5. The van der Waals surface area contributed by atoms with Crippen LogP contribution in [0.2, 0.25) is 0 Å². The summed E-state index contributed by atoms with van der Waals surface area (Å²) in [6.45, 7) is 6.25. The van der Waals surface area contributed by atoms with Gasteiger partial charge in [0, 0.05) is 19.1 Å². The molecule has 3 amide bonds. The molecule has 0 unspecified atom stereocenters. The van der Waals surface area contributed by atoms with Crippen LogP contribution < -0.4 is 20.1 Å². The van der Waals surface area contributed by atoms with Crippen molar-refractivity contribution in [3.8, 4) is 11.5 Å². The Labute approximate surface area is 135 Å². The van der Waals surface area contributed by atoms with Crippen LogP contribution in [0.1, 0.15) is 26.3 Å². The predicted molar refractivity (Wildman–Crippen MR) is 85.3 cm³/mol. The number of hydrogen-bond acceptors (Lipinski definition) is 4. The van der Waals surface area contributed by atoms with E-state index >= 15 is 0 Å². The molecule has 1 heterocycles. The summed E-state index contributed by atoms with van der Waals surface area (Å²) in [5.74, 6) is 1.18. The van der Waals surface area contributed by atoms with Crippen LogP contribution in [-0.4, -0.2) is 42.8 Å². The standard InChI is InChI=1S/C16H23N3O4/c1-16(2,3)18-14(20)9-19(4)15(21)17-8-11-5-6-12-13(7-11)23-10-22-12/h5-7H,8-10H2,1-4H3,(H,17,21)(H,18,20). The quantitative estimate of drug-likeness (QED) is 0.880. The van der Waals surface area contributed by atoms with Crippen LogP contribution in [0.4, 0.5) is 4.79 Å². The van der Waals surface area contributed by atoms with Crippen molar-refractivity contribution in [1.29, 1.82) is 0 Å². The van der Waals surface area contributed by atoms with Gasteiger partial charge in [0.15, 0.2) is 11.5 Å². The van der Waals surface area contributed by atoms with Gasteiger partial charge in [-0.3, -0.25) is 4.79 Å². The first-order chi connectivity index (χ1) is 10.7. The molecule has 0 aliphatic carbocycles. The average Bonchev–Trinajstić information content (AvgIpc) is 2.89. The Kier molecular flexibility index (Phi) is 4.98. The van der Waals surface area contributed by atoms with E-state index in [2.05, 4.69) is 10.6 Å². The van der Waals surface area contributed by atoms with Crippen LogP contribution in [0.3, 0.4) is 0 Å². The van der Waals surface area contributed by atoms with Crippen molar-refractivity contribution < 1.29 is 19.1 Å². The van der Waals surface area contributed by atoms with Gasteiger partial charge in [0.25, 0.3) is 0 Å². The lowest BCUT2D eigenvalue weighted by Gasteiger charge is -2.23. The number of urea groups is 1. The number of nitrogens with one attached hydrogen (secondary N) is 2. The third kappa shape index (κ3) is 5.05. The van der Waals surface area contributed by atoms with E-state index in [1.165, 1.54) is 4.90 Å². The molecule has 1 aliphatic heterocycles. The summed E-state index contributed by atoms with van der Waals surface area (Å²) in [7, 11) is 1.58. The molecular formula is C16H23N3O4. The smallest absolute Gasteiger partial charge is 0.317 e. The first-order valence-electron chi connectivity index (χ1n) is 7.43. The SMILES string of the molecule is CN(CC(=O)NC(C)(C)C)C(=O)NCc1ccc2c(c1)OCO2. The molecule has 1 aliphatic rings. The maximum absolute atomic E-state index is 12.0. The molecule has 7 nitrogen and oxygen atoms in total. The number of benzene rings is 1. The number of carbonyl (C=O) groups excluding carboxylic acids is 2. The van der Waals surface area contributed by atoms with E-state index in [0.717, 1.165) is 5.56 Å². The Balaban J connectivity index is 1.81. The van der Waals surface area contributed by atoms with Crippen molar-refractivity contribution in [2.45, 2.75) is 32.9 Å². The van der Waals surface area contributed by atoms with Gasteiger partial charge in [0.1, 0.15) is 6.54 Å². The molecule has 7 heteroatoms. The van der Waals surface area contributed by atoms with E-state index in [4.69, 9.17) is 9.47 Å². The van der Waals surface area contributed by atoms with Gasteiger partial charge in [-0.05, 0) is 38.5 Å². The van der Waals surface area contributed by atoms with Crippen molar-refractivity contribution in [3.63, 3.8) is 0 Å². The van der Waals surface area contributed by atoms with Crippen molar-refractivity contribution in [1.82, 2.24) is 15.5 Å². The largest absolute Gasteiger partial charge is 0.454 e. The van der Waals surface area contributed by atoms with E-state index in [-0.39, 0.29) is 30.8 Å². The Morgan fingerprint density at radius 3 is 2.61 bits per heavy atom. The second-order valence-corrected chi connectivity index (χ2v) is 6.50. The van der Waals surface area contributed by atoms with Gasteiger partial charge in [-0.2, -0.15) is 0 Å². The molecule has 1 aromatic carbocycles. The van der Waals surface area contributed by atoms with Crippen LogP contribution in [0, 0.1) is 0 Å². The maximum Gasteiger partial charge on any atom is 0.317 e. The minimum absolute atomic E-state index is 0.00421. The molecule has 23 heavy (non-hydrogen) atoms. The number of likely N-dealkylation sites (N-methyl/N-ethyl adjacent to an activating group) is 1. The highest BCUT2D eigenvalue weighted by Gasteiger charge is 2.18. The fourth-order valence-corrected chi connectivity index (χ4v) is 2.11. The van der Waals surface area contributed by atoms with Gasteiger partial charge in [0.2, 0.25) is 12.7 Å². The van der Waals surface area contributed by atoms with Crippen LogP contribution in [0.25, 0.3) is 0 Å². The Hall–Kier alpha value is -2.44. The Morgan fingerprint density at radius 1 is 1.22 bits per heavy atom. The third-order valence-electron chi connectivity index (χ3n) is 3.12. The van der Waals surface area contributed by atoms with Gasteiger partial charge in [-0.1, -0.05) is 6.07 Å². The molecule has 0 aromatic heterocycles. The molecule has 2 rings (SSSR count). The first-order valence-corrected chi connectivity index (χ1v) is 7.43. The molecule has 0 bridgehead atoms. The predicted octanol–water partition coefficient (Wildman–Crippen LogP) is 1.47. The number of rotatable bonds is 4. The van der Waals surface area contributed by atoms with Gasteiger partial charge < -0.3 is 25.0 Å².